The average Bonchev–Trinajstić information content (AvgIpc) is 2.15. The highest BCUT2D eigenvalue weighted by Crippen LogP contribution is 2.35. The molecule has 86 valence electrons. The Morgan fingerprint density at radius 2 is 1.94 bits per heavy atom. The van der Waals surface area contributed by atoms with Crippen LogP contribution in [0.15, 0.2) is 12.1 Å². The Balaban J connectivity index is 3.55. The van der Waals surface area contributed by atoms with Crippen LogP contribution in [0, 0.1) is 0 Å². The standard InChI is InChI=1S/C10H6ClF3O2/c1-5(16)7-2-6(4-15)9(11)3-8(7)10(12,13)14/h2-4H,1H3. The maximum Gasteiger partial charge on any atom is 0.417 e. The Kier molecular flexibility index (Phi) is 3.38. The molecule has 0 aliphatic heterocycles. The Bertz CT molecular complexity index is 452. The van der Waals surface area contributed by atoms with E-state index in [1.54, 1.807) is 0 Å². The van der Waals surface area contributed by atoms with Gasteiger partial charge in [-0.1, -0.05) is 11.6 Å². The highest BCUT2D eigenvalue weighted by atomic mass is 35.5. The minimum atomic E-state index is -4.67. The zero-order chi connectivity index (χ0) is 12.5. The Hall–Kier alpha value is -1.36. The van der Waals surface area contributed by atoms with Crippen LogP contribution in [-0.4, -0.2) is 12.1 Å². The van der Waals surface area contributed by atoms with E-state index in [0.29, 0.717) is 12.4 Å². The molecule has 0 saturated heterocycles. The van der Waals surface area contributed by atoms with Crippen molar-refractivity contribution in [1.82, 2.24) is 0 Å². The molecule has 1 aromatic rings. The molecule has 16 heavy (non-hydrogen) atoms. The van der Waals surface area contributed by atoms with Gasteiger partial charge in [0.05, 0.1) is 10.6 Å². The molecule has 6 heteroatoms. The molecule has 2 nitrogen and oxygen atoms in total. The van der Waals surface area contributed by atoms with E-state index in [4.69, 9.17) is 11.6 Å². The van der Waals surface area contributed by atoms with Crippen LogP contribution in [-0.2, 0) is 6.18 Å². The Morgan fingerprint density at radius 1 is 1.38 bits per heavy atom. The molecule has 0 N–H and O–H groups in total. The van der Waals surface area contributed by atoms with Crippen molar-refractivity contribution in [3.63, 3.8) is 0 Å². The third-order valence-electron chi connectivity index (χ3n) is 1.95. The fourth-order valence-electron chi connectivity index (χ4n) is 1.21. The van der Waals surface area contributed by atoms with E-state index >= 15 is 0 Å². The van der Waals surface area contributed by atoms with Crippen molar-refractivity contribution in [2.45, 2.75) is 13.1 Å². The third kappa shape index (κ3) is 2.41. The van der Waals surface area contributed by atoms with Crippen LogP contribution in [0.1, 0.15) is 33.2 Å². The van der Waals surface area contributed by atoms with Crippen LogP contribution in [0.5, 0.6) is 0 Å². The van der Waals surface area contributed by atoms with Gasteiger partial charge in [-0.05, 0) is 19.1 Å². The second-order valence-electron chi connectivity index (χ2n) is 3.09. The van der Waals surface area contributed by atoms with E-state index in [9.17, 15) is 22.8 Å². The van der Waals surface area contributed by atoms with Crippen molar-refractivity contribution in [3.05, 3.63) is 33.8 Å². The van der Waals surface area contributed by atoms with Gasteiger partial charge in [0, 0.05) is 11.1 Å². The number of halogens is 4. The monoisotopic (exact) mass is 250 g/mol. The second-order valence-corrected chi connectivity index (χ2v) is 3.50. The summed E-state index contributed by atoms with van der Waals surface area (Å²) in [6.45, 7) is 0.993. The van der Waals surface area contributed by atoms with Crippen molar-refractivity contribution < 1.29 is 22.8 Å². The molecule has 0 unspecified atom stereocenters. The summed E-state index contributed by atoms with van der Waals surface area (Å²) in [5.74, 6) is -0.771. The summed E-state index contributed by atoms with van der Waals surface area (Å²) in [5, 5.41) is -0.327. The van der Waals surface area contributed by atoms with Crippen LogP contribution in [0.25, 0.3) is 0 Å². The molecule has 0 aliphatic rings. The summed E-state index contributed by atoms with van der Waals surface area (Å²) < 4.78 is 37.6. The van der Waals surface area contributed by atoms with Crippen molar-refractivity contribution >= 4 is 23.7 Å². The van der Waals surface area contributed by atoms with Gasteiger partial charge < -0.3 is 0 Å². The van der Waals surface area contributed by atoms with Gasteiger partial charge in [-0.3, -0.25) is 9.59 Å². The van der Waals surface area contributed by atoms with Gasteiger partial charge >= 0.3 is 6.18 Å². The minimum Gasteiger partial charge on any atom is -0.298 e. The number of alkyl halides is 3. The van der Waals surface area contributed by atoms with E-state index in [-0.39, 0.29) is 10.6 Å². The van der Waals surface area contributed by atoms with Gasteiger partial charge in [-0.2, -0.15) is 13.2 Å². The summed E-state index contributed by atoms with van der Waals surface area (Å²) in [6, 6.07) is 1.43. The molecule has 0 atom stereocenters. The first-order valence-corrected chi connectivity index (χ1v) is 4.52. The predicted molar refractivity (Wildman–Crippen MR) is 51.8 cm³/mol. The third-order valence-corrected chi connectivity index (χ3v) is 2.28. The lowest BCUT2D eigenvalue weighted by atomic mass is 10.0. The normalized spacial score (nSPS) is 11.3. The average molecular weight is 251 g/mol. The molecule has 0 radical (unpaired) electrons. The Morgan fingerprint density at radius 3 is 2.31 bits per heavy atom. The molecule has 1 aromatic carbocycles. The number of rotatable bonds is 2. The molecular formula is C10H6ClF3O2. The van der Waals surface area contributed by atoms with E-state index in [1.807, 2.05) is 0 Å². The van der Waals surface area contributed by atoms with Crippen LogP contribution < -0.4 is 0 Å². The maximum atomic E-state index is 12.5. The largest absolute Gasteiger partial charge is 0.417 e. The SMILES string of the molecule is CC(=O)c1cc(C=O)c(Cl)cc1C(F)(F)F. The first-order chi connectivity index (χ1) is 7.27. The second kappa shape index (κ2) is 4.25. The lowest BCUT2D eigenvalue weighted by Crippen LogP contribution is -2.12. The smallest absolute Gasteiger partial charge is 0.298 e. The minimum absolute atomic E-state index is 0.139. The van der Waals surface area contributed by atoms with Gasteiger partial charge in [0.15, 0.2) is 12.1 Å². The molecule has 0 fully saturated rings. The molecule has 0 aromatic heterocycles. The fraction of sp³-hybridized carbons (Fsp3) is 0.200. The van der Waals surface area contributed by atoms with E-state index in [0.717, 1.165) is 13.0 Å². The zero-order valence-corrected chi connectivity index (χ0v) is 8.82. The lowest BCUT2D eigenvalue weighted by Gasteiger charge is -2.12. The van der Waals surface area contributed by atoms with Gasteiger partial charge in [0.1, 0.15) is 0 Å². The van der Waals surface area contributed by atoms with Crippen LogP contribution >= 0.6 is 11.6 Å². The lowest BCUT2D eigenvalue weighted by molar-refractivity contribution is -0.137. The van der Waals surface area contributed by atoms with Gasteiger partial charge in [0.25, 0.3) is 0 Å². The van der Waals surface area contributed by atoms with E-state index in [1.165, 1.54) is 0 Å². The number of carbonyl (C=O) groups is 2. The van der Waals surface area contributed by atoms with Gasteiger partial charge in [0.2, 0.25) is 0 Å². The number of hydrogen-bond acceptors (Lipinski definition) is 2. The van der Waals surface area contributed by atoms with E-state index in [2.05, 4.69) is 0 Å². The molecule has 0 bridgehead atoms. The summed E-state index contributed by atoms with van der Waals surface area (Å²) in [4.78, 5) is 21.5. The van der Waals surface area contributed by atoms with E-state index < -0.39 is 23.1 Å². The van der Waals surface area contributed by atoms with Crippen LogP contribution in [0.4, 0.5) is 13.2 Å². The Labute approximate surface area is 94.0 Å². The summed E-state index contributed by atoms with van der Waals surface area (Å²) in [7, 11) is 0. The number of hydrogen-bond donors (Lipinski definition) is 0. The zero-order valence-electron chi connectivity index (χ0n) is 8.06. The summed E-state index contributed by atoms with van der Waals surface area (Å²) >= 11 is 5.47. The first kappa shape index (κ1) is 12.7. The number of carbonyl (C=O) groups excluding carboxylic acids is 2. The molecule has 0 spiro atoms. The van der Waals surface area contributed by atoms with Gasteiger partial charge in [-0.15, -0.1) is 0 Å². The highest BCUT2D eigenvalue weighted by Gasteiger charge is 2.35. The molecule has 0 saturated carbocycles. The van der Waals surface area contributed by atoms with Crippen molar-refractivity contribution in [2.24, 2.45) is 0 Å². The van der Waals surface area contributed by atoms with Crippen molar-refractivity contribution in [3.8, 4) is 0 Å². The van der Waals surface area contributed by atoms with Gasteiger partial charge in [-0.25, -0.2) is 0 Å². The molecule has 0 heterocycles. The highest BCUT2D eigenvalue weighted by molar-refractivity contribution is 6.33. The summed E-state index contributed by atoms with van der Waals surface area (Å²) in [5.41, 5.74) is -1.82. The molecule has 0 aliphatic carbocycles. The summed E-state index contributed by atoms with van der Waals surface area (Å²) in [6.07, 6.45) is -4.37. The molecule has 0 amide bonds. The molecule has 1 rings (SSSR count). The maximum absolute atomic E-state index is 12.5. The molecular weight excluding hydrogens is 245 g/mol. The number of ketones is 1. The van der Waals surface area contributed by atoms with Crippen LogP contribution in [0.3, 0.4) is 0 Å². The number of Topliss-reactive ketones (excluding diaryl/α,β-unsaturated/α-hetero) is 1. The van der Waals surface area contributed by atoms with Crippen molar-refractivity contribution in [2.75, 3.05) is 0 Å². The van der Waals surface area contributed by atoms with Crippen molar-refractivity contribution in [1.29, 1.82) is 0 Å². The number of benzene rings is 1. The van der Waals surface area contributed by atoms with Crippen LogP contribution in [0.2, 0.25) is 5.02 Å². The quantitative estimate of drug-likeness (QED) is 0.596. The first-order valence-electron chi connectivity index (χ1n) is 4.14. The number of aldehydes is 1. The topological polar surface area (TPSA) is 34.1 Å². The predicted octanol–water partition coefficient (Wildman–Crippen LogP) is 3.37. The fourth-order valence-corrected chi connectivity index (χ4v) is 1.41.